The fourth-order valence-electron chi connectivity index (χ4n) is 4.63. The summed E-state index contributed by atoms with van der Waals surface area (Å²) in [6, 6.07) is 7.83. The molecule has 0 aromatic heterocycles. The average Bonchev–Trinajstić information content (AvgIpc) is 3.29. The molecule has 1 aromatic carbocycles. The van der Waals surface area contributed by atoms with E-state index in [1.807, 2.05) is 30.3 Å². The lowest BCUT2D eigenvalue weighted by molar-refractivity contribution is -0.141. The van der Waals surface area contributed by atoms with Gasteiger partial charge in [0.1, 0.15) is 24.4 Å². The first kappa shape index (κ1) is 25.2. The van der Waals surface area contributed by atoms with Crippen LogP contribution < -0.4 is 5.48 Å². The zero-order valence-corrected chi connectivity index (χ0v) is 20.3. The van der Waals surface area contributed by atoms with E-state index < -0.39 is 35.9 Å². The molecular formula is C24H33FN4O6. The summed E-state index contributed by atoms with van der Waals surface area (Å²) in [6.45, 7) is 5.71. The number of alkyl halides is 1. The second kappa shape index (κ2) is 10.4. The molecule has 0 saturated carbocycles. The van der Waals surface area contributed by atoms with Gasteiger partial charge in [-0.15, -0.1) is 0 Å². The van der Waals surface area contributed by atoms with Crippen molar-refractivity contribution in [1.82, 2.24) is 20.3 Å². The molecule has 4 rings (SSSR count). The standard InChI is InChI=1S/C24H33FN4O6/c1-24(2,3)35-23(32)27-12-17(25)11-19(27)15-33-26-21(30)20-10-9-18-13-28(20)22(31)29(18)34-14-16-7-5-4-6-8-16/h4-8,17-20H,9-15H2,1-3H3,(H,26,30)/t17?,18-,19?,20+/m1/s1. The van der Waals surface area contributed by atoms with Crippen LogP contribution in [-0.2, 0) is 25.8 Å². The van der Waals surface area contributed by atoms with Crippen molar-refractivity contribution >= 4 is 18.0 Å². The summed E-state index contributed by atoms with van der Waals surface area (Å²) >= 11 is 0. The number of hydroxylamine groups is 3. The van der Waals surface area contributed by atoms with E-state index >= 15 is 0 Å². The van der Waals surface area contributed by atoms with Gasteiger partial charge in [-0.25, -0.2) is 19.5 Å². The number of nitrogens with zero attached hydrogens (tertiary/aromatic N) is 3. The Morgan fingerprint density at radius 2 is 1.89 bits per heavy atom. The van der Waals surface area contributed by atoms with E-state index in [2.05, 4.69) is 5.48 Å². The van der Waals surface area contributed by atoms with Gasteiger partial charge in [0.25, 0.3) is 5.91 Å². The zero-order chi connectivity index (χ0) is 25.2. The smallest absolute Gasteiger partial charge is 0.410 e. The molecule has 4 atom stereocenters. The third-order valence-corrected chi connectivity index (χ3v) is 6.28. The van der Waals surface area contributed by atoms with Gasteiger partial charge in [0, 0.05) is 13.0 Å². The van der Waals surface area contributed by atoms with Gasteiger partial charge in [0.15, 0.2) is 0 Å². The summed E-state index contributed by atoms with van der Waals surface area (Å²) in [5.41, 5.74) is 2.63. The number of fused-ring (bicyclic) bond motifs is 2. The number of hydrogen-bond acceptors (Lipinski definition) is 6. The van der Waals surface area contributed by atoms with Gasteiger partial charge in [0.2, 0.25) is 0 Å². The first-order chi connectivity index (χ1) is 16.6. The van der Waals surface area contributed by atoms with E-state index in [-0.39, 0.29) is 38.3 Å². The average molecular weight is 493 g/mol. The first-order valence-electron chi connectivity index (χ1n) is 11.9. The monoisotopic (exact) mass is 492 g/mol. The van der Waals surface area contributed by atoms with Gasteiger partial charge in [0.05, 0.1) is 25.2 Å². The van der Waals surface area contributed by atoms with Crippen LogP contribution >= 0.6 is 0 Å². The minimum Gasteiger partial charge on any atom is -0.444 e. The van der Waals surface area contributed by atoms with Crippen molar-refractivity contribution in [3.05, 3.63) is 35.9 Å². The maximum absolute atomic E-state index is 14.0. The number of benzene rings is 1. The minimum atomic E-state index is -1.19. The molecule has 1 N–H and O–H groups in total. The Bertz CT molecular complexity index is 926. The van der Waals surface area contributed by atoms with Crippen molar-refractivity contribution in [3.63, 3.8) is 0 Å². The maximum Gasteiger partial charge on any atom is 0.410 e. The number of piperidine rings is 1. The van der Waals surface area contributed by atoms with Crippen LogP contribution in [0.25, 0.3) is 0 Å². The molecule has 0 spiro atoms. The summed E-state index contributed by atoms with van der Waals surface area (Å²) < 4.78 is 19.3. The molecule has 3 saturated heterocycles. The lowest BCUT2D eigenvalue weighted by atomic mass is 10.0. The molecule has 4 amide bonds. The van der Waals surface area contributed by atoms with Crippen LogP contribution in [-0.4, -0.2) is 82.5 Å². The Balaban J connectivity index is 1.26. The second-order valence-electron chi connectivity index (χ2n) is 10.2. The SMILES string of the molecule is CC(C)(C)OC(=O)N1CC(F)CC1CONC(=O)[C@@H]1CC[C@@H]2CN1C(=O)N2OCc1ccccc1. The Kier molecular flexibility index (Phi) is 7.46. The highest BCUT2D eigenvalue weighted by Crippen LogP contribution is 2.30. The molecule has 0 radical (unpaired) electrons. The summed E-state index contributed by atoms with van der Waals surface area (Å²) in [6.07, 6.45) is -0.622. The summed E-state index contributed by atoms with van der Waals surface area (Å²) in [4.78, 5) is 52.0. The Morgan fingerprint density at radius 3 is 2.60 bits per heavy atom. The van der Waals surface area contributed by atoms with E-state index in [0.29, 0.717) is 19.4 Å². The highest BCUT2D eigenvalue weighted by Gasteiger charge is 2.48. The number of halogens is 1. The number of amides is 4. The van der Waals surface area contributed by atoms with E-state index in [9.17, 15) is 18.8 Å². The number of hydrogen-bond donors (Lipinski definition) is 1. The number of carbonyl (C=O) groups is 3. The largest absolute Gasteiger partial charge is 0.444 e. The van der Waals surface area contributed by atoms with Crippen LogP contribution in [0.1, 0.15) is 45.6 Å². The van der Waals surface area contributed by atoms with Crippen molar-refractivity contribution in [3.8, 4) is 0 Å². The highest BCUT2D eigenvalue weighted by atomic mass is 19.1. The van der Waals surface area contributed by atoms with E-state index in [1.165, 1.54) is 14.9 Å². The van der Waals surface area contributed by atoms with Gasteiger partial charge in [-0.3, -0.25) is 19.4 Å². The van der Waals surface area contributed by atoms with Crippen LogP contribution in [0.15, 0.2) is 30.3 Å². The summed E-state index contributed by atoms with van der Waals surface area (Å²) in [5.74, 6) is -0.458. The molecule has 2 bridgehead atoms. The van der Waals surface area contributed by atoms with Crippen molar-refractivity contribution in [1.29, 1.82) is 0 Å². The van der Waals surface area contributed by atoms with E-state index in [0.717, 1.165) is 5.56 Å². The Labute approximate surface area is 204 Å². The summed E-state index contributed by atoms with van der Waals surface area (Å²) in [5, 5.41) is 1.36. The van der Waals surface area contributed by atoms with Crippen LogP contribution in [0.4, 0.5) is 14.0 Å². The van der Waals surface area contributed by atoms with Crippen molar-refractivity contribution in [2.75, 3.05) is 19.7 Å². The van der Waals surface area contributed by atoms with Crippen LogP contribution in [0, 0.1) is 0 Å². The molecule has 10 nitrogen and oxygen atoms in total. The lowest BCUT2D eigenvalue weighted by Gasteiger charge is -2.30. The topological polar surface area (TPSA) is 101 Å². The number of nitrogens with one attached hydrogen (secondary N) is 1. The zero-order valence-electron chi connectivity index (χ0n) is 20.3. The molecular weight excluding hydrogens is 459 g/mol. The van der Waals surface area contributed by atoms with Gasteiger partial charge < -0.3 is 9.64 Å². The number of rotatable bonds is 7. The van der Waals surface area contributed by atoms with E-state index in [1.54, 1.807) is 20.8 Å². The molecule has 1 aromatic rings. The predicted molar refractivity (Wildman–Crippen MR) is 122 cm³/mol. The molecule has 192 valence electrons. The number of likely N-dealkylation sites (tertiary alicyclic amines) is 1. The minimum absolute atomic E-state index is 0.0814. The van der Waals surface area contributed by atoms with Crippen molar-refractivity contribution in [2.45, 2.75) is 76.5 Å². The number of ether oxygens (including phenoxy) is 1. The predicted octanol–water partition coefficient (Wildman–Crippen LogP) is 2.78. The van der Waals surface area contributed by atoms with Crippen molar-refractivity contribution in [2.24, 2.45) is 0 Å². The van der Waals surface area contributed by atoms with E-state index in [4.69, 9.17) is 14.4 Å². The first-order valence-corrected chi connectivity index (χ1v) is 11.9. The maximum atomic E-state index is 14.0. The molecule has 3 fully saturated rings. The molecule has 35 heavy (non-hydrogen) atoms. The second-order valence-corrected chi connectivity index (χ2v) is 10.2. The van der Waals surface area contributed by atoms with Gasteiger partial charge >= 0.3 is 12.1 Å². The van der Waals surface area contributed by atoms with Crippen LogP contribution in [0.2, 0.25) is 0 Å². The molecule has 11 heteroatoms. The Hall–Kier alpha value is -2.92. The van der Waals surface area contributed by atoms with Gasteiger partial charge in [-0.05, 0) is 39.2 Å². The van der Waals surface area contributed by atoms with Crippen LogP contribution in [0.5, 0.6) is 0 Å². The van der Waals surface area contributed by atoms with Gasteiger partial charge in [-0.1, -0.05) is 30.3 Å². The quantitative estimate of drug-likeness (QED) is 0.588. The summed E-state index contributed by atoms with van der Waals surface area (Å²) in [7, 11) is 0. The third-order valence-electron chi connectivity index (χ3n) is 6.28. The highest BCUT2D eigenvalue weighted by molar-refractivity contribution is 5.88. The molecule has 3 aliphatic heterocycles. The molecule has 3 heterocycles. The molecule has 2 unspecified atom stereocenters. The fourth-order valence-corrected chi connectivity index (χ4v) is 4.63. The van der Waals surface area contributed by atoms with Crippen LogP contribution in [0.3, 0.4) is 0 Å². The molecule has 3 aliphatic rings. The lowest BCUT2D eigenvalue weighted by Crippen LogP contribution is -2.50. The number of urea groups is 1. The van der Waals surface area contributed by atoms with Crippen molar-refractivity contribution < 1.29 is 33.2 Å². The normalized spacial score (nSPS) is 26.3. The van der Waals surface area contributed by atoms with Gasteiger partial charge in [-0.2, -0.15) is 5.06 Å². The Morgan fingerprint density at radius 1 is 1.14 bits per heavy atom. The number of carbonyl (C=O) groups excluding carboxylic acids is 3. The molecule has 0 aliphatic carbocycles. The fraction of sp³-hybridized carbons (Fsp3) is 0.625. The third kappa shape index (κ3) is 6.02.